The first kappa shape index (κ1) is 20.4. The van der Waals surface area contributed by atoms with E-state index in [0.717, 1.165) is 54.3 Å². The zero-order chi connectivity index (χ0) is 20.9. The van der Waals surface area contributed by atoms with Crippen LogP contribution in [0.5, 0.6) is 5.75 Å². The topological polar surface area (TPSA) is 59.4 Å². The predicted molar refractivity (Wildman–Crippen MR) is 120 cm³/mol. The van der Waals surface area contributed by atoms with E-state index in [0.29, 0.717) is 5.75 Å². The highest BCUT2D eigenvalue weighted by Gasteiger charge is 2.16. The van der Waals surface area contributed by atoms with Crippen molar-refractivity contribution in [2.24, 2.45) is 0 Å². The number of piperidine rings is 1. The third-order valence-electron chi connectivity index (χ3n) is 5.63. The van der Waals surface area contributed by atoms with E-state index in [2.05, 4.69) is 21.7 Å². The maximum atomic E-state index is 12.3. The van der Waals surface area contributed by atoms with Gasteiger partial charge in [0.15, 0.2) is 6.61 Å². The van der Waals surface area contributed by atoms with Crippen molar-refractivity contribution < 1.29 is 9.53 Å². The van der Waals surface area contributed by atoms with E-state index in [4.69, 9.17) is 9.72 Å². The Hall–Kier alpha value is -2.86. The lowest BCUT2D eigenvalue weighted by atomic mass is 10.1. The van der Waals surface area contributed by atoms with Crippen LogP contribution in [0.25, 0.3) is 11.0 Å². The van der Waals surface area contributed by atoms with Gasteiger partial charge in [-0.3, -0.25) is 9.69 Å². The SMILES string of the molecule is CCn1c(CN2CCCCC2)nc2cc(NC(=O)COc3ccc(C)cc3)ccc21. The van der Waals surface area contributed by atoms with Crippen LogP contribution in [0.2, 0.25) is 0 Å². The molecule has 30 heavy (non-hydrogen) atoms. The van der Waals surface area contributed by atoms with Crippen LogP contribution in [0.4, 0.5) is 5.69 Å². The normalized spacial score (nSPS) is 14.7. The van der Waals surface area contributed by atoms with Gasteiger partial charge in [-0.15, -0.1) is 0 Å². The molecule has 3 aromatic rings. The van der Waals surface area contributed by atoms with E-state index in [1.165, 1.54) is 19.3 Å². The molecule has 1 fully saturated rings. The summed E-state index contributed by atoms with van der Waals surface area (Å²) in [7, 11) is 0. The molecule has 1 N–H and O–H groups in total. The smallest absolute Gasteiger partial charge is 0.262 e. The number of nitrogens with one attached hydrogen (secondary N) is 1. The number of anilines is 1. The van der Waals surface area contributed by atoms with E-state index in [-0.39, 0.29) is 12.5 Å². The van der Waals surface area contributed by atoms with Crippen LogP contribution in [-0.4, -0.2) is 40.1 Å². The number of carbonyl (C=O) groups excluding carboxylic acids is 1. The van der Waals surface area contributed by atoms with Gasteiger partial charge in [-0.05, 0) is 70.1 Å². The summed E-state index contributed by atoms with van der Waals surface area (Å²) < 4.78 is 7.84. The summed E-state index contributed by atoms with van der Waals surface area (Å²) in [6, 6.07) is 13.6. The molecule has 0 atom stereocenters. The summed E-state index contributed by atoms with van der Waals surface area (Å²) in [4.78, 5) is 19.7. The van der Waals surface area contributed by atoms with E-state index in [1.807, 2.05) is 49.4 Å². The van der Waals surface area contributed by atoms with Crippen LogP contribution in [0.1, 0.15) is 37.6 Å². The highest BCUT2D eigenvalue weighted by molar-refractivity contribution is 5.94. The number of hydrogen-bond acceptors (Lipinski definition) is 4. The van der Waals surface area contributed by atoms with Crippen molar-refractivity contribution in [2.45, 2.75) is 46.2 Å². The lowest BCUT2D eigenvalue weighted by molar-refractivity contribution is -0.118. The van der Waals surface area contributed by atoms with Crippen LogP contribution >= 0.6 is 0 Å². The second-order valence-corrected chi connectivity index (χ2v) is 7.96. The number of imidazole rings is 1. The molecule has 158 valence electrons. The molecule has 1 aliphatic rings. The molecule has 0 saturated carbocycles. The van der Waals surface area contributed by atoms with E-state index >= 15 is 0 Å². The third kappa shape index (κ3) is 4.82. The minimum absolute atomic E-state index is 0.0231. The number of aryl methyl sites for hydroxylation is 2. The standard InChI is InChI=1S/C24H30N4O2/c1-3-28-22-12-9-19(25-24(29)17-30-20-10-7-18(2)8-11-20)15-21(22)26-23(28)16-27-13-5-4-6-14-27/h7-12,15H,3-6,13-14,16-17H2,1-2H3,(H,25,29). The molecular formula is C24H30N4O2. The first-order valence-electron chi connectivity index (χ1n) is 10.8. The molecule has 2 heterocycles. The first-order chi connectivity index (χ1) is 14.6. The molecule has 1 aliphatic heterocycles. The Labute approximate surface area is 177 Å². The van der Waals surface area contributed by atoms with E-state index in [1.54, 1.807) is 0 Å². The number of amides is 1. The zero-order valence-electron chi connectivity index (χ0n) is 17.9. The molecule has 6 heteroatoms. The summed E-state index contributed by atoms with van der Waals surface area (Å²) in [5.74, 6) is 1.61. The van der Waals surface area contributed by atoms with Gasteiger partial charge in [0.1, 0.15) is 11.6 Å². The quantitative estimate of drug-likeness (QED) is 0.633. The Bertz CT molecular complexity index is 1000. The van der Waals surface area contributed by atoms with Crippen molar-refractivity contribution in [2.75, 3.05) is 25.0 Å². The second kappa shape index (κ2) is 9.30. The van der Waals surface area contributed by atoms with Crippen molar-refractivity contribution in [3.8, 4) is 5.75 Å². The van der Waals surface area contributed by atoms with Gasteiger partial charge >= 0.3 is 0 Å². The molecule has 0 unspecified atom stereocenters. The highest BCUT2D eigenvalue weighted by atomic mass is 16.5. The van der Waals surface area contributed by atoms with Crippen LogP contribution < -0.4 is 10.1 Å². The maximum Gasteiger partial charge on any atom is 0.262 e. The molecule has 4 rings (SSSR count). The fourth-order valence-electron chi connectivity index (χ4n) is 4.03. The number of aromatic nitrogens is 2. The summed E-state index contributed by atoms with van der Waals surface area (Å²) in [5, 5.41) is 2.92. The number of likely N-dealkylation sites (tertiary alicyclic amines) is 1. The van der Waals surface area contributed by atoms with Gasteiger partial charge in [0.25, 0.3) is 5.91 Å². The average molecular weight is 407 g/mol. The summed E-state index contributed by atoms with van der Waals surface area (Å²) >= 11 is 0. The molecule has 1 amide bonds. The number of carbonyl (C=O) groups is 1. The van der Waals surface area contributed by atoms with Gasteiger partial charge in [-0.2, -0.15) is 0 Å². The molecule has 1 aromatic heterocycles. The fourth-order valence-corrected chi connectivity index (χ4v) is 4.03. The van der Waals surface area contributed by atoms with E-state index < -0.39 is 0 Å². The van der Waals surface area contributed by atoms with Crippen LogP contribution in [0.15, 0.2) is 42.5 Å². The second-order valence-electron chi connectivity index (χ2n) is 7.96. The monoisotopic (exact) mass is 406 g/mol. The van der Waals surface area contributed by atoms with Crippen molar-refractivity contribution >= 4 is 22.6 Å². The van der Waals surface area contributed by atoms with Crippen LogP contribution in [0.3, 0.4) is 0 Å². The Morgan fingerprint density at radius 1 is 1.10 bits per heavy atom. The van der Waals surface area contributed by atoms with Gasteiger partial charge in [0.05, 0.1) is 17.6 Å². The number of hydrogen-bond donors (Lipinski definition) is 1. The Morgan fingerprint density at radius 3 is 2.60 bits per heavy atom. The summed E-state index contributed by atoms with van der Waals surface area (Å²) in [6.45, 7) is 8.21. The maximum absolute atomic E-state index is 12.3. The predicted octanol–water partition coefficient (Wildman–Crippen LogP) is 4.37. The molecule has 0 bridgehead atoms. The minimum Gasteiger partial charge on any atom is -0.484 e. The summed E-state index contributed by atoms with van der Waals surface area (Å²) in [5.41, 5.74) is 3.93. The van der Waals surface area contributed by atoms with Gasteiger partial charge in [0.2, 0.25) is 0 Å². The molecule has 6 nitrogen and oxygen atoms in total. The number of nitrogens with zero attached hydrogens (tertiary/aromatic N) is 3. The molecule has 0 spiro atoms. The minimum atomic E-state index is -0.182. The number of ether oxygens (including phenoxy) is 1. The van der Waals surface area contributed by atoms with Crippen molar-refractivity contribution in [3.05, 3.63) is 53.9 Å². The lowest BCUT2D eigenvalue weighted by Gasteiger charge is -2.26. The Kier molecular flexibility index (Phi) is 6.33. The lowest BCUT2D eigenvalue weighted by Crippen LogP contribution is -2.30. The number of rotatable bonds is 7. The molecular weight excluding hydrogens is 376 g/mol. The highest BCUT2D eigenvalue weighted by Crippen LogP contribution is 2.22. The van der Waals surface area contributed by atoms with Crippen molar-refractivity contribution in [3.63, 3.8) is 0 Å². The Balaban J connectivity index is 1.43. The number of benzene rings is 2. The summed E-state index contributed by atoms with van der Waals surface area (Å²) in [6.07, 6.45) is 3.87. The average Bonchev–Trinajstić information content (AvgIpc) is 3.10. The molecule has 0 aliphatic carbocycles. The zero-order valence-corrected chi connectivity index (χ0v) is 17.9. The molecule has 0 radical (unpaired) electrons. The number of fused-ring (bicyclic) bond motifs is 1. The van der Waals surface area contributed by atoms with Crippen molar-refractivity contribution in [1.29, 1.82) is 0 Å². The van der Waals surface area contributed by atoms with E-state index in [9.17, 15) is 4.79 Å². The van der Waals surface area contributed by atoms with Crippen LogP contribution in [-0.2, 0) is 17.9 Å². The first-order valence-corrected chi connectivity index (χ1v) is 10.8. The van der Waals surface area contributed by atoms with Gasteiger partial charge in [-0.25, -0.2) is 4.98 Å². The van der Waals surface area contributed by atoms with Gasteiger partial charge in [0, 0.05) is 12.2 Å². The molecule has 2 aromatic carbocycles. The van der Waals surface area contributed by atoms with Gasteiger partial charge in [-0.1, -0.05) is 24.1 Å². The Morgan fingerprint density at radius 2 is 1.87 bits per heavy atom. The molecule has 1 saturated heterocycles. The third-order valence-corrected chi connectivity index (χ3v) is 5.63. The fraction of sp³-hybridized carbons (Fsp3) is 0.417. The largest absolute Gasteiger partial charge is 0.484 e. The van der Waals surface area contributed by atoms with Gasteiger partial charge < -0.3 is 14.6 Å². The van der Waals surface area contributed by atoms with Crippen molar-refractivity contribution in [1.82, 2.24) is 14.5 Å². The van der Waals surface area contributed by atoms with Crippen LogP contribution in [0, 0.1) is 6.92 Å².